The van der Waals surface area contributed by atoms with Crippen LogP contribution in [0.5, 0.6) is 0 Å². The largest absolute Gasteiger partial charge is 0.359 e. The van der Waals surface area contributed by atoms with Crippen molar-refractivity contribution >= 4 is 23.3 Å². The number of benzene rings is 2. The Balaban J connectivity index is 1.40. The smallest absolute Gasteiger partial charge is 0.253 e. The second kappa shape index (κ2) is 9.62. The summed E-state index contributed by atoms with van der Waals surface area (Å²) in [6.07, 6.45) is 1.63. The predicted octanol–water partition coefficient (Wildman–Crippen LogP) is 3.51. The van der Waals surface area contributed by atoms with Crippen molar-refractivity contribution < 1.29 is 22.8 Å². The van der Waals surface area contributed by atoms with Crippen molar-refractivity contribution in [3.8, 4) is 11.1 Å². The Morgan fingerprint density at radius 3 is 2.36 bits per heavy atom. The first-order chi connectivity index (χ1) is 17.3. The fraction of sp³-hybridized carbons (Fsp3) is 0.269. The van der Waals surface area contributed by atoms with Crippen molar-refractivity contribution in [1.82, 2.24) is 14.8 Å². The molecular weight excluding hydrogens is 471 g/mol. The fourth-order valence-electron chi connectivity index (χ4n) is 4.37. The van der Waals surface area contributed by atoms with Crippen LogP contribution >= 0.6 is 0 Å². The van der Waals surface area contributed by atoms with Gasteiger partial charge in [0.25, 0.3) is 5.91 Å². The molecule has 7 nitrogen and oxygen atoms in total. The van der Waals surface area contributed by atoms with E-state index in [4.69, 9.17) is 0 Å². The molecule has 186 valence electrons. The Labute approximate surface area is 206 Å². The van der Waals surface area contributed by atoms with Gasteiger partial charge in [-0.25, -0.2) is 18.2 Å². The van der Waals surface area contributed by atoms with Gasteiger partial charge in [0.05, 0.1) is 18.8 Å². The van der Waals surface area contributed by atoms with E-state index < -0.39 is 17.5 Å². The minimum absolute atomic E-state index is 0.0206. The van der Waals surface area contributed by atoms with Crippen molar-refractivity contribution in [3.63, 3.8) is 0 Å². The van der Waals surface area contributed by atoms with Crippen molar-refractivity contribution in [2.75, 3.05) is 50.0 Å². The summed E-state index contributed by atoms with van der Waals surface area (Å²) < 4.78 is 41.4. The lowest BCUT2D eigenvalue weighted by Crippen LogP contribution is -2.47. The van der Waals surface area contributed by atoms with E-state index in [1.165, 1.54) is 4.90 Å². The molecule has 0 atom stereocenters. The number of halogens is 3. The van der Waals surface area contributed by atoms with E-state index in [2.05, 4.69) is 15.2 Å². The van der Waals surface area contributed by atoms with E-state index in [-0.39, 0.29) is 30.5 Å². The highest BCUT2D eigenvalue weighted by Gasteiger charge is 2.27. The topological polar surface area (TPSA) is 68.8 Å². The molecule has 36 heavy (non-hydrogen) atoms. The molecule has 2 aromatic carbocycles. The van der Waals surface area contributed by atoms with Gasteiger partial charge in [0, 0.05) is 55.1 Å². The van der Waals surface area contributed by atoms with Crippen molar-refractivity contribution in [3.05, 3.63) is 77.2 Å². The van der Waals surface area contributed by atoms with Crippen LogP contribution in [0.2, 0.25) is 0 Å². The highest BCUT2D eigenvalue weighted by atomic mass is 19.2. The summed E-state index contributed by atoms with van der Waals surface area (Å²) in [5, 5.41) is 2.92. The predicted molar refractivity (Wildman–Crippen MR) is 129 cm³/mol. The average Bonchev–Trinajstić information content (AvgIpc) is 2.88. The first kappa shape index (κ1) is 23.8. The molecule has 3 heterocycles. The van der Waals surface area contributed by atoms with Crippen LogP contribution in [-0.4, -0.2) is 66.4 Å². The zero-order valence-electron chi connectivity index (χ0n) is 19.6. The molecule has 1 aromatic heterocycles. The lowest BCUT2D eigenvalue weighted by Gasteiger charge is -2.32. The summed E-state index contributed by atoms with van der Waals surface area (Å²) >= 11 is 0. The molecule has 2 aliphatic heterocycles. The Morgan fingerprint density at radius 2 is 1.64 bits per heavy atom. The summed E-state index contributed by atoms with van der Waals surface area (Å²) in [7, 11) is 2.03. The Hall–Kier alpha value is -3.92. The van der Waals surface area contributed by atoms with E-state index in [1.807, 2.05) is 24.1 Å². The molecule has 1 fully saturated rings. The van der Waals surface area contributed by atoms with Gasteiger partial charge in [-0.1, -0.05) is 12.1 Å². The fourth-order valence-corrected chi connectivity index (χ4v) is 4.37. The number of fused-ring (bicyclic) bond motifs is 1. The number of piperazine rings is 1. The molecule has 5 rings (SSSR count). The molecule has 0 saturated carbocycles. The van der Waals surface area contributed by atoms with Gasteiger partial charge in [0.1, 0.15) is 5.82 Å². The minimum atomic E-state index is -1.29. The molecule has 0 radical (unpaired) electrons. The van der Waals surface area contributed by atoms with Crippen LogP contribution in [0, 0.1) is 17.5 Å². The van der Waals surface area contributed by atoms with E-state index in [0.29, 0.717) is 41.8 Å². The molecule has 0 aliphatic carbocycles. The molecule has 1 saturated heterocycles. The Morgan fingerprint density at radius 1 is 0.944 bits per heavy atom. The second-order valence-corrected chi connectivity index (χ2v) is 8.96. The summed E-state index contributed by atoms with van der Waals surface area (Å²) in [6, 6.07) is 10.1. The maximum atomic E-state index is 14.3. The molecule has 0 spiro atoms. The van der Waals surface area contributed by atoms with Gasteiger partial charge < -0.3 is 20.0 Å². The zero-order chi connectivity index (χ0) is 25.4. The quantitative estimate of drug-likeness (QED) is 0.561. The maximum absolute atomic E-state index is 14.3. The number of amides is 2. The number of carbonyl (C=O) groups is 2. The number of nitrogens with zero attached hydrogens (tertiary/aromatic N) is 4. The van der Waals surface area contributed by atoms with Gasteiger partial charge in [-0.05, 0) is 36.9 Å². The average molecular weight is 496 g/mol. The second-order valence-electron chi connectivity index (χ2n) is 8.96. The SMILES string of the molecule is CN1CCN(C(=O)c2ccc(-c3cnc4c(c3)N(Cc3cc(F)c(F)cc3F)C(=O)CN4)cc2)CC1. The molecule has 1 N–H and O–H groups in total. The molecule has 2 aliphatic rings. The minimum Gasteiger partial charge on any atom is -0.359 e. The van der Waals surface area contributed by atoms with Crippen LogP contribution in [0.4, 0.5) is 24.7 Å². The normalized spacial score (nSPS) is 16.1. The van der Waals surface area contributed by atoms with Crippen molar-refractivity contribution in [2.45, 2.75) is 6.54 Å². The molecule has 0 unspecified atom stereocenters. The third-order valence-corrected chi connectivity index (χ3v) is 6.54. The van der Waals surface area contributed by atoms with Crippen molar-refractivity contribution in [1.29, 1.82) is 0 Å². The third kappa shape index (κ3) is 4.64. The van der Waals surface area contributed by atoms with Gasteiger partial charge in [-0.3, -0.25) is 9.59 Å². The van der Waals surface area contributed by atoms with Crippen molar-refractivity contribution in [2.24, 2.45) is 0 Å². The summed E-state index contributed by atoms with van der Waals surface area (Å²) in [6.45, 7) is 2.70. The highest BCUT2D eigenvalue weighted by Crippen LogP contribution is 2.34. The summed E-state index contributed by atoms with van der Waals surface area (Å²) in [5.41, 5.74) is 2.29. The van der Waals surface area contributed by atoms with E-state index in [0.717, 1.165) is 24.7 Å². The van der Waals surface area contributed by atoms with Crippen LogP contribution in [0.1, 0.15) is 15.9 Å². The summed E-state index contributed by atoms with van der Waals surface area (Å²) in [5.74, 6) is -3.38. The van der Waals surface area contributed by atoms with Gasteiger partial charge in [0.2, 0.25) is 5.91 Å². The third-order valence-electron chi connectivity index (χ3n) is 6.54. The van der Waals surface area contributed by atoms with Gasteiger partial charge >= 0.3 is 0 Å². The van der Waals surface area contributed by atoms with Crippen LogP contribution in [0.25, 0.3) is 11.1 Å². The molecule has 2 amide bonds. The van der Waals surface area contributed by atoms with E-state index in [9.17, 15) is 22.8 Å². The van der Waals surface area contributed by atoms with Crippen LogP contribution in [0.15, 0.2) is 48.7 Å². The number of rotatable bonds is 4. The first-order valence-electron chi connectivity index (χ1n) is 11.6. The van der Waals surface area contributed by atoms with Crippen LogP contribution in [0.3, 0.4) is 0 Å². The lowest BCUT2D eigenvalue weighted by atomic mass is 10.0. The van der Waals surface area contributed by atoms with Gasteiger partial charge in [-0.15, -0.1) is 0 Å². The van der Waals surface area contributed by atoms with Gasteiger partial charge in [0.15, 0.2) is 17.5 Å². The molecule has 3 aromatic rings. The number of pyridine rings is 1. The number of aromatic nitrogens is 1. The van der Waals surface area contributed by atoms with Crippen LogP contribution in [-0.2, 0) is 11.3 Å². The highest BCUT2D eigenvalue weighted by molar-refractivity contribution is 6.02. The number of anilines is 2. The van der Waals surface area contributed by atoms with E-state index in [1.54, 1.807) is 24.4 Å². The zero-order valence-corrected chi connectivity index (χ0v) is 19.6. The Kier molecular flexibility index (Phi) is 6.36. The number of carbonyl (C=O) groups excluding carboxylic acids is 2. The standard InChI is InChI=1S/C26H24F3N5O2/c1-32-6-8-33(9-7-32)26(36)17-4-2-16(3-5-17)18-11-23-25(30-13-18)31-14-24(35)34(23)15-19-10-21(28)22(29)12-20(19)27/h2-5,10-13H,6-9,14-15H2,1H3,(H,30,31). The lowest BCUT2D eigenvalue weighted by molar-refractivity contribution is -0.117. The molecule has 0 bridgehead atoms. The number of nitrogens with one attached hydrogen (secondary N) is 1. The number of likely N-dealkylation sites (N-methyl/N-ethyl adjacent to an activating group) is 1. The number of hydrogen-bond acceptors (Lipinski definition) is 5. The summed E-state index contributed by atoms with van der Waals surface area (Å²) in [4.78, 5) is 35.2. The van der Waals surface area contributed by atoms with E-state index >= 15 is 0 Å². The Bertz CT molecular complexity index is 1320. The molecule has 10 heteroatoms. The monoisotopic (exact) mass is 495 g/mol. The number of hydrogen-bond donors (Lipinski definition) is 1. The maximum Gasteiger partial charge on any atom is 0.253 e. The van der Waals surface area contributed by atoms with Crippen LogP contribution < -0.4 is 10.2 Å². The molecular formula is C26H24F3N5O2. The van der Waals surface area contributed by atoms with Gasteiger partial charge in [-0.2, -0.15) is 0 Å². The first-order valence-corrected chi connectivity index (χ1v) is 11.6.